The van der Waals surface area contributed by atoms with Gasteiger partial charge in [-0.2, -0.15) is 4.99 Å². The molecule has 0 heterocycles. The van der Waals surface area contributed by atoms with Crippen LogP contribution in [-0.2, 0) is 20.7 Å². The Kier molecular flexibility index (Phi) is 6.48. The predicted molar refractivity (Wildman–Crippen MR) is 66.3 cm³/mol. The molecule has 0 bridgehead atoms. The van der Waals surface area contributed by atoms with Gasteiger partial charge in [0.1, 0.15) is 12.4 Å². The van der Waals surface area contributed by atoms with Crippen molar-refractivity contribution in [1.82, 2.24) is 0 Å². The normalized spacial score (nSPS) is 10.8. The van der Waals surface area contributed by atoms with E-state index in [0.717, 1.165) is 0 Å². The summed E-state index contributed by atoms with van der Waals surface area (Å²) in [7, 11) is 0. The van der Waals surface area contributed by atoms with Crippen LogP contribution >= 0.6 is 0 Å². The molecule has 1 aromatic carbocycles. The first-order chi connectivity index (χ1) is 9.71. The molecule has 0 fully saturated rings. The fraction of sp³-hybridized carbons (Fsp3) is 0.308. The van der Waals surface area contributed by atoms with Crippen molar-refractivity contribution in [2.45, 2.75) is 12.5 Å². The van der Waals surface area contributed by atoms with Crippen LogP contribution in [0.15, 0.2) is 29.3 Å². The molecular weight excluding hydrogens is 264 g/mol. The highest BCUT2D eigenvalue weighted by Gasteiger charge is 2.19. The van der Waals surface area contributed by atoms with Crippen molar-refractivity contribution >= 4 is 12.0 Å². The largest absolute Gasteiger partial charge is 0.462 e. The summed E-state index contributed by atoms with van der Waals surface area (Å²) in [6, 6.07) is 5.37. The second kappa shape index (κ2) is 8.43. The number of benzene rings is 1. The lowest BCUT2D eigenvalue weighted by atomic mass is 10.1. The molecule has 0 saturated carbocycles. The van der Waals surface area contributed by atoms with Crippen LogP contribution in [0.3, 0.4) is 0 Å². The third-order valence-corrected chi connectivity index (χ3v) is 2.33. The zero-order valence-electron chi connectivity index (χ0n) is 10.5. The van der Waals surface area contributed by atoms with Gasteiger partial charge in [-0.25, -0.2) is 9.59 Å². The van der Waals surface area contributed by atoms with Crippen LogP contribution in [-0.4, -0.2) is 36.4 Å². The topological polar surface area (TPSA) is 109 Å². The first-order valence-electron chi connectivity index (χ1n) is 5.70. The molecular formula is C13H12N2O5. The van der Waals surface area contributed by atoms with Gasteiger partial charge >= 0.3 is 5.97 Å². The Bertz CT molecular complexity index is 529. The van der Waals surface area contributed by atoms with Crippen molar-refractivity contribution in [2.75, 3.05) is 13.2 Å². The molecule has 1 aromatic rings. The average molecular weight is 276 g/mol. The number of hydrogen-bond donors (Lipinski definition) is 1. The second-order valence-electron chi connectivity index (χ2n) is 3.67. The maximum atomic E-state index is 11.6. The molecule has 104 valence electrons. The van der Waals surface area contributed by atoms with Crippen molar-refractivity contribution in [1.29, 1.82) is 5.26 Å². The smallest absolute Gasteiger partial charge is 0.332 e. The van der Waals surface area contributed by atoms with Crippen LogP contribution in [0, 0.1) is 11.5 Å². The summed E-state index contributed by atoms with van der Waals surface area (Å²) < 4.78 is 9.33. The van der Waals surface area contributed by atoms with E-state index in [1.807, 2.05) is 0 Å². The molecule has 1 atom stereocenters. The van der Waals surface area contributed by atoms with E-state index >= 15 is 0 Å². The van der Waals surface area contributed by atoms with E-state index in [4.69, 9.17) is 15.1 Å². The molecule has 0 saturated heterocycles. The summed E-state index contributed by atoms with van der Waals surface area (Å²) >= 11 is 0. The Labute approximate surface area is 115 Å². The number of ether oxygens (including phenoxy) is 2. The second-order valence-corrected chi connectivity index (χ2v) is 3.67. The molecule has 7 nitrogen and oxygen atoms in total. The van der Waals surface area contributed by atoms with Crippen LogP contribution in [0.4, 0.5) is 0 Å². The van der Waals surface area contributed by atoms with Gasteiger partial charge in [-0.1, -0.05) is 12.1 Å². The molecule has 1 rings (SSSR count). The maximum absolute atomic E-state index is 11.6. The van der Waals surface area contributed by atoms with Crippen LogP contribution in [0.25, 0.3) is 0 Å². The molecule has 0 aromatic heterocycles. The van der Waals surface area contributed by atoms with Crippen LogP contribution in [0.1, 0.15) is 5.56 Å². The highest BCUT2D eigenvalue weighted by molar-refractivity contribution is 5.77. The quantitative estimate of drug-likeness (QED) is 0.332. The summed E-state index contributed by atoms with van der Waals surface area (Å²) in [6.45, 7) is -0.456. The average Bonchev–Trinajstić information content (AvgIpc) is 2.46. The number of aliphatic imine (C=N–C) groups is 1. The van der Waals surface area contributed by atoms with E-state index in [0.29, 0.717) is 11.3 Å². The zero-order chi connectivity index (χ0) is 14.8. The van der Waals surface area contributed by atoms with E-state index in [9.17, 15) is 9.59 Å². The van der Waals surface area contributed by atoms with E-state index in [-0.39, 0.29) is 19.6 Å². The Hall–Kier alpha value is -2.68. The summed E-state index contributed by atoms with van der Waals surface area (Å²) in [5, 5.41) is 16.9. The number of hydrogen-bond acceptors (Lipinski definition) is 7. The maximum Gasteiger partial charge on any atom is 0.332 e. The van der Waals surface area contributed by atoms with Gasteiger partial charge in [0.05, 0.1) is 6.61 Å². The number of nitriles is 1. The standard InChI is InChI=1S/C13H12N2O5/c14-8-20-11-3-1-10(2-4-11)7-12(15-9-17)13(18)19-6-5-16/h1-4,12,16H,5-7H2. The van der Waals surface area contributed by atoms with Crippen LogP contribution in [0.5, 0.6) is 5.75 Å². The molecule has 0 aliphatic rings. The summed E-state index contributed by atoms with van der Waals surface area (Å²) in [6.07, 6.45) is 3.00. The molecule has 1 N–H and O–H groups in total. The van der Waals surface area contributed by atoms with Crippen molar-refractivity contribution < 1.29 is 24.2 Å². The van der Waals surface area contributed by atoms with E-state index in [2.05, 4.69) is 9.73 Å². The Morgan fingerprint density at radius 1 is 1.40 bits per heavy atom. The SMILES string of the molecule is N#COc1ccc(CC(N=C=O)C(=O)OCCO)cc1. The van der Waals surface area contributed by atoms with Crippen molar-refractivity contribution in [3.63, 3.8) is 0 Å². The number of isocyanates is 1. The highest BCUT2D eigenvalue weighted by Crippen LogP contribution is 2.14. The molecule has 0 aliphatic carbocycles. The third kappa shape index (κ3) is 4.90. The number of rotatable bonds is 7. The van der Waals surface area contributed by atoms with Crippen molar-refractivity contribution in [2.24, 2.45) is 4.99 Å². The van der Waals surface area contributed by atoms with E-state index < -0.39 is 12.0 Å². The van der Waals surface area contributed by atoms with Gasteiger partial charge in [0, 0.05) is 6.42 Å². The number of nitrogens with zero attached hydrogens (tertiary/aromatic N) is 2. The lowest BCUT2D eigenvalue weighted by Crippen LogP contribution is -2.25. The fourth-order valence-electron chi connectivity index (χ4n) is 1.46. The van der Waals surface area contributed by atoms with Gasteiger partial charge in [-0.05, 0) is 17.7 Å². The molecule has 1 unspecified atom stereocenters. The molecule has 0 spiro atoms. The minimum absolute atomic E-state index is 0.145. The van der Waals surface area contributed by atoms with Gasteiger partial charge in [-0.15, -0.1) is 5.26 Å². The Morgan fingerprint density at radius 3 is 2.65 bits per heavy atom. The van der Waals surface area contributed by atoms with E-state index in [1.54, 1.807) is 24.3 Å². The van der Waals surface area contributed by atoms with Crippen LogP contribution in [0.2, 0.25) is 0 Å². The number of carbonyl (C=O) groups excluding carboxylic acids is 2. The van der Waals surface area contributed by atoms with Gasteiger partial charge in [0.25, 0.3) is 6.26 Å². The molecule has 7 heteroatoms. The minimum atomic E-state index is -1.01. The molecule has 0 amide bonds. The summed E-state index contributed by atoms with van der Waals surface area (Å²) in [4.78, 5) is 25.3. The summed E-state index contributed by atoms with van der Waals surface area (Å²) in [5.74, 6) is -0.339. The van der Waals surface area contributed by atoms with Gasteiger partial charge < -0.3 is 14.6 Å². The van der Waals surface area contributed by atoms with Crippen LogP contribution < -0.4 is 4.74 Å². The van der Waals surface area contributed by atoms with Gasteiger partial charge in [0.2, 0.25) is 6.08 Å². The Balaban J connectivity index is 2.72. The molecule has 0 aliphatic heterocycles. The third-order valence-electron chi connectivity index (χ3n) is 2.33. The molecule has 0 radical (unpaired) electrons. The first kappa shape index (κ1) is 15.4. The zero-order valence-corrected chi connectivity index (χ0v) is 10.5. The van der Waals surface area contributed by atoms with Gasteiger partial charge in [0.15, 0.2) is 6.04 Å². The summed E-state index contributed by atoms with van der Waals surface area (Å²) in [5.41, 5.74) is 0.709. The van der Waals surface area contributed by atoms with Crippen molar-refractivity contribution in [3.8, 4) is 12.0 Å². The number of esters is 1. The minimum Gasteiger partial charge on any atom is -0.462 e. The monoisotopic (exact) mass is 276 g/mol. The number of carbonyl (C=O) groups is 1. The lowest BCUT2D eigenvalue weighted by molar-refractivity contribution is -0.146. The van der Waals surface area contributed by atoms with Gasteiger partial charge in [-0.3, -0.25) is 0 Å². The number of aliphatic hydroxyl groups is 1. The molecule has 20 heavy (non-hydrogen) atoms. The highest BCUT2D eigenvalue weighted by atomic mass is 16.5. The number of aliphatic hydroxyl groups excluding tert-OH is 1. The first-order valence-corrected chi connectivity index (χ1v) is 5.70. The van der Waals surface area contributed by atoms with Crippen molar-refractivity contribution in [3.05, 3.63) is 29.8 Å². The predicted octanol–water partition coefficient (Wildman–Crippen LogP) is 0.329. The fourth-order valence-corrected chi connectivity index (χ4v) is 1.46. The lowest BCUT2D eigenvalue weighted by Gasteiger charge is -2.10. The Morgan fingerprint density at radius 2 is 2.10 bits per heavy atom. The van der Waals surface area contributed by atoms with E-state index in [1.165, 1.54) is 12.3 Å².